The average Bonchev–Trinajstić information content (AvgIpc) is 3.23. The molecule has 5 nitrogen and oxygen atoms in total. The van der Waals surface area contributed by atoms with E-state index >= 15 is 0 Å². The van der Waals surface area contributed by atoms with Crippen molar-refractivity contribution in [2.45, 2.75) is 63.3 Å². The Kier molecular flexibility index (Phi) is 6.74. The van der Waals surface area contributed by atoms with Crippen molar-refractivity contribution in [1.29, 1.82) is 0 Å². The fraction of sp³-hybridized carbons (Fsp3) is 0.522. The lowest BCUT2D eigenvalue weighted by molar-refractivity contribution is 0.435. The minimum Gasteiger partial charge on any atom is -0.361 e. The Labute approximate surface area is 189 Å². The zero-order valence-electron chi connectivity index (χ0n) is 17.5. The lowest BCUT2D eigenvalue weighted by atomic mass is 9.79. The number of thiocarbonyl (C=S) groups is 1. The minimum atomic E-state index is 0.135. The summed E-state index contributed by atoms with van der Waals surface area (Å²) >= 11 is 11.9. The molecule has 1 aromatic carbocycles. The first-order valence-electron chi connectivity index (χ1n) is 11.0. The van der Waals surface area contributed by atoms with Crippen molar-refractivity contribution in [3.05, 3.63) is 47.1 Å². The van der Waals surface area contributed by atoms with E-state index in [-0.39, 0.29) is 5.41 Å². The van der Waals surface area contributed by atoms with E-state index in [1.165, 1.54) is 50.5 Å². The molecule has 2 fully saturated rings. The van der Waals surface area contributed by atoms with Crippen LogP contribution in [0.1, 0.15) is 57.4 Å². The Morgan fingerprint density at radius 2 is 1.93 bits per heavy atom. The second-order valence-electron chi connectivity index (χ2n) is 8.57. The third kappa shape index (κ3) is 4.86. The Hall–Kier alpha value is -1.92. The molecule has 1 saturated carbocycles. The van der Waals surface area contributed by atoms with Gasteiger partial charge in [-0.05, 0) is 56.8 Å². The first-order chi connectivity index (χ1) is 14.6. The summed E-state index contributed by atoms with van der Waals surface area (Å²) < 4.78 is 0. The van der Waals surface area contributed by atoms with Gasteiger partial charge in [-0.1, -0.05) is 54.8 Å². The van der Waals surface area contributed by atoms with E-state index in [1.807, 2.05) is 6.07 Å². The number of hydrogen-bond acceptors (Lipinski definition) is 4. The Morgan fingerprint density at radius 1 is 1.17 bits per heavy atom. The zero-order valence-corrected chi connectivity index (χ0v) is 19.1. The molecule has 2 aromatic rings. The van der Waals surface area contributed by atoms with Gasteiger partial charge in [0.25, 0.3) is 0 Å². The smallest absolute Gasteiger partial charge is 0.232 e. The molecule has 1 aliphatic carbocycles. The van der Waals surface area contributed by atoms with Crippen molar-refractivity contribution in [2.24, 2.45) is 0 Å². The number of rotatable bonds is 5. The molecule has 2 N–H and O–H groups in total. The van der Waals surface area contributed by atoms with Crippen LogP contribution in [0.4, 0.5) is 11.8 Å². The van der Waals surface area contributed by atoms with Crippen LogP contribution < -0.4 is 15.5 Å². The van der Waals surface area contributed by atoms with Crippen molar-refractivity contribution in [3.8, 4) is 0 Å². The molecule has 1 aromatic heterocycles. The number of aromatic nitrogens is 2. The molecule has 4 rings (SSSR count). The van der Waals surface area contributed by atoms with E-state index in [0.717, 1.165) is 18.9 Å². The average molecular weight is 444 g/mol. The summed E-state index contributed by atoms with van der Waals surface area (Å²) in [6.45, 7) is 4.04. The number of piperidine rings is 1. The van der Waals surface area contributed by atoms with Gasteiger partial charge in [0.1, 0.15) is 11.0 Å². The molecule has 0 amide bonds. The highest BCUT2D eigenvalue weighted by Gasteiger charge is 2.35. The zero-order chi connectivity index (χ0) is 21.0. The lowest BCUT2D eigenvalue weighted by Gasteiger charge is -2.34. The Morgan fingerprint density at radius 3 is 2.67 bits per heavy atom. The largest absolute Gasteiger partial charge is 0.361 e. The molecular formula is C23H30ClN5S. The molecule has 0 radical (unpaired) electrons. The normalized spacial score (nSPS) is 20.7. The molecule has 2 heterocycles. The van der Waals surface area contributed by atoms with Crippen LogP contribution in [0.3, 0.4) is 0 Å². The van der Waals surface area contributed by atoms with Gasteiger partial charge in [-0.25, -0.2) is 4.98 Å². The van der Waals surface area contributed by atoms with Gasteiger partial charge < -0.3 is 15.5 Å². The Balaban J connectivity index is 1.42. The van der Waals surface area contributed by atoms with Crippen molar-refractivity contribution >= 4 is 40.7 Å². The highest BCUT2D eigenvalue weighted by Crippen LogP contribution is 2.40. The van der Waals surface area contributed by atoms with Crippen molar-refractivity contribution in [2.75, 3.05) is 23.3 Å². The minimum absolute atomic E-state index is 0.135. The predicted molar refractivity (Wildman–Crippen MR) is 129 cm³/mol. The van der Waals surface area contributed by atoms with Crippen molar-refractivity contribution < 1.29 is 0 Å². The van der Waals surface area contributed by atoms with Gasteiger partial charge in [0.15, 0.2) is 5.11 Å². The molecule has 160 valence electrons. The predicted octanol–water partition coefficient (Wildman–Crippen LogP) is 5.31. The van der Waals surface area contributed by atoms with Crippen LogP contribution in [0.15, 0.2) is 36.4 Å². The molecule has 1 saturated heterocycles. The fourth-order valence-corrected chi connectivity index (χ4v) is 5.19. The van der Waals surface area contributed by atoms with Crippen LogP contribution >= 0.6 is 23.8 Å². The van der Waals surface area contributed by atoms with E-state index in [4.69, 9.17) is 28.8 Å². The monoisotopic (exact) mass is 443 g/mol. The van der Waals surface area contributed by atoms with Gasteiger partial charge in [-0.2, -0.15) is 4.98 Å². The van der Waals surface area contributed by atoms with E-state index < -0.39 is 0 Å². The fourth-order valence-electron chi connectivity index (χ4n) is 4.85. The summed E-state index contributed by atoms with van der Waals surface area (Å²) in [5.41, 5.74) is 1.52. The summed E-state index contributed by atoms with van der Waals surface area (Å²) in [6.07, 6.45) is 8.48. The summed E-state index contributed by atoms with van der Waals surface area (Å²) in [6, 6.07) is 13.1. The van der Waals surface area contributed by atoms with Gasteiger partial charge in [-0.3, -0.25) is 0 Å². The molecule has 0 spiro atoms. The first-order valence-corrected chi connectivity index (χ1v) is 11.8. The molecular weight excluding hydrogens is 414 g/mol. The highest BCUT2D eigenvalue weighted by atomic mass is 35.5. The molecule has 1 atom stereocenters. The number of halogens is 1. The Bertz CT molecular complexity index is 869. The number of nitrogens with zero attached hydrogens (tertiary/aromatic N) is 3. The quantitative estimate of drug-likeness (QED) is 0.482. The maximum absolute atomic E-state index is 6.30. The summed E-state index contributed by atoms with van der Waals surface area (Å²) in [5.74, 6) is 1.32. The van der Waals surface area contributed by atoms with Crippen LogP contribution in [0.2, 0.25) is 5.15 Å². The van der Waals surface area contributed by atoms with E-state index in [0.29, 0.717) is 22.3 Å². The second kappa shape index (κ2) is 9.48. The number of benzene rings is 1. The SMILES string of the molecule is C[C@@H]1CCCCN1c1cc(Cl)nc(NC(=S)NCC2(c3ccccc3)CCCC2)n1. The number of nitrogens with one attached hydrogen (secondary N) is 2. The van der Waals surface area contributed by atoms with E-state index in [9.17, 15) is 0 Å². The highest BCUT2D eigenvalue weighted by molar-refractivity contribution is 7.80. The molecule has 7 heteroatoms. The third-order valence-corrected chi connectivity index (χ3v) is 6.98. The van der Waals surface area contributed by atoms with Gasteiger partial charge in [0, 0.05) is 30.6 Å². The third-order valence-electron chi connectivity index (χ3n) is 6.54. The van der Waals surface area contributed by atoms with Gasteiger partial charge in [0.2, 0.25) is 5.95 Å². The molecule has 0 bridgehead atoms. The first kappa shape index (κ1) is 21.3. The molecule has 1 aliphatic heterocycles. The van der Waals surface area contributed by atoms with Gasteiger partial charge in [0.05, 0.1) is 0 Å². The summed E-state index contributed by atoms with van der Waals surface area (Å²) in [4.78, 5) is 11.3. The van der Waals surface area contributed by atoms with Crippen LogP contribution in [-0.2, 0) is 5.41 Å². The molecule has 0 unspecified atom stereocenters. The molecule has 30 heavy (non-hydrogen) atoms. The van der Waals surface area contributed by atoms with Crippen molar-refractivity contribution in [1.82, 2.24) is 15.3 Å². The summed E-state index contributed by atoms with van der Waals surface area (Å²) in [5, 5.41) is 7.55. The van der Waals surface area contributed by atoms with Crippen LogP contribution in [-0.4, -0.2) is 34.2 Å². The lowest BCUT2D eigenvalue weighted by Crippen LogP contribution is -2.41. The topological polar surface area (TPSA) is 53.1 Å². The standard InChI is InChI=1S/C23H30ClN5S/c1-17-9-5-8-14-29(17)20-15-19(24)26-21(27-20)28-22(30)25-16-23(12-6-7-13-23)18-10-3-2-4-11-18/h2-4,10-11,15,17H,5-9,12-14,16H2,1H3,(H2,25,26,27,28,30)/t17-/m1/s1. The summed E-state index contributed by atoms with van der Waals surface area (Å²) in [7, 11) is 0. The van der Waals surface area contributed by atoms with E-state index in [1.54, 1.807) is 0 Å². The van der Waals surface area contributed by atoms with Crippen LogP contribution in [0.5, 0.6) is 0 Å². The van der Waals surface area contributed by atoms with Gasteiger partial charge >= 0.3 is 0 Å². The number of hydrogen-bond donors (Lipinski definition) is 2. The van der Waals surface area contributed by atoms with Crippen LogP contribution in [0.25, 0.3) is 0 Å². The number of anilines is 2. The van der Waals surface area contributed by atoms with E-state index in [2.05, 4.69) is 57.8 Å². The maximum atomic E-state index is 6.30. The van der Waals surface area contributed by atoms with Gasteiger partial charge in [-0.15, -0.1) is 0 Å². The van der Waals surface area contributed by atoms with Crippen LogP contribution in [0, 0.1) is 0 Å². The second-order valence-corrected chi connectivity index (χ2v) is 9.37. The van der Waals surface area contributed by atoms with Crippen molar-refractivity contribution in [3.63, 3.8) is 0 Å². The maximum Gasteiger partial charge on any atom is 0.232 e. The molecule has 2 aliphatic rings.